The molecule has 1 N–H and O–H groups in total. The highest BCUT2D eigenvalue weighted by Gasteiger charge is 2.01. The molecule has 2 aromatic carbocycles. The van der Waals surface area contributed by atoms with Crippen LogP contribution in [0.1, 0.15) is 5.56 Å². The summed E-state index contributed by atoms with van der Waals surface area (Å²) in [6.45, 7) is 0.746. The number of ether oxygens (including phenoxy) is 2. The zero-order valence-electron chi connectivity index (χ0n) is 11.3. The van der Waals surface area contributed by atoms with Gasteiger partial charge < -0.3 is 14.8 Å². The summed E-state index contributed by atoms with van der Waals surface area (Å²) < 4.78 is 10.5. The van der Waals surface area contributed by atoms with Gasteiger partial charge in [0, 0.05) is 17.8 Å². The first-order valence-corrected chi connectivity index (χ1v) is 6.29. The van der Waals surface area contributed by atoms with Crippen molar-refractivity contribution in [2.24, 2.45) is 0 Å². The van der Waals surface area contributed by atoms with Gasteiger partial charge in [-0.25, -0.2) is 0 Å². The van der Waals surface area contributed by atoms with Gasteiger partial charge in [0.05, 0.1) is 7.11 Å². The molecule has 0 fully saturated rings. The summed E-state index contributed by atoms with van der Waals surface area (Å²) in [4.78, 5) is 0. The fourth-order valence-electron chi connectivity index (χ4n) is 1.83. The molecule has 0 aromatic heterocycles. The molecule has 0 heterocycles. The topological polar surface area (TPSA) is 54.3 Å². The summed E-state index contributed by atoms with van der Waals surface area (Å²) in [5.41, 5.74) is 2.08. The van der Waals surface area contributed by atoms with Crippen LogP contribution in [0.5, 0.6) is 11.5 Å². The van der Waals surface area contributed by atoms with Crippen LogP contribution in [0.15, 0.2) is 48.5 Å². The van der Waals surface area contributed by atoms with Gasteiger partial charge in [0.15, 0.2) is 6.61 Å². The minimum Gasteiger partial charge on any atom is -0.496 e. The maximum absolute atomic E-state index is 8.44. The van der Waals surface area contributed by atoms with Crippen LogP contribution in [0.3, 0.4) is 0 Å². The van der Waals surface area contributed by atoms with Crippen LogP contribution in [-0.2, 0) is 6.54 Å². The SMILES string of the molecule is COc1ccccc1CNc1ccc(OCC#N)cc1. The van der Waals surface area contributed by atoms with E-state index in [1.165, 1.54) is 0 Å². The normalized spacial score (nSPS) is 9.60. The van der Waals surface area contributed by atoms with Crippen molar-refractivity contribution in [2.45, 2.75) is 6.54 Å². The van der Waals surface area contributed by atoms with Crippen molar-refractivity contribution in [3.63, 3.8) is 0 Å². The number of nitriles is 1. The molecule has 0 saturated heterocycles. The highest BCUT2D eigenvalue weighted by Crippen LogP contribution is 2.20. The predicted octanol–water partition coefficient (Wildman–Crippen LogP) is 3.21. The van der Waals surface area contributed by atoms with E-state index < -0.39 is 0 Å². The summed E-state index contributed by atoms with van der Waals surface area (Å²) in [5.74, 6) is 1.56. The van der Waals surface area contributed by atoms with Crippen molar-refractivity contribution in [3.05, 3.63) is 54.1 Å². The lowest BCUT2D eigenvalue weighted by molar-refractivity contribution is 0.368. The molecule has 102 valence electrons. The predicted molar refractivity (Wildman–Crippen MR) is 77.9 cm³/mol. The molecule has 0 aliphatic rings. The summed E-state index contributed by atoms with van der Waals surface area (Å²) in [5, 5.41) is 11.8. The summed E-state index contributed by atoms with van der Waals surface area (Å²) in [7, 11) is 1.67. The number of para-hydroxylation sites is 1. The number of methoxy groups -OCH3 is 1. The van der Waals surface area contributed by atoms with Gasteiger partial charge in [-0.2, -0.15) is 5.26 Å². The fourth-order valence-corrected chi connectivity index (χ4v) is 1.83. The Kier molecular flexibility index (Phi) is 4.85. The molecule has 0 saturated carbocycles. The molecule has 2 aromatic rings. The van der Waals surface area contributed by atoms with E-state index in [4.69, 9.17) is 14.7 Å². The second kappa shape index (κ2) is 7.05. The van der Waals surface area contributed by atoms with Crippen LogP contribution in [0, 0.1) is 11.3 Å². The first-order chi connectivity index (χ1) is 9.83. The van der Waals surface area contributed by atoms with E-state index in [-0.39, 0.29) is 6.61 Å². The third kappa shape index (κ3) is 3.66. The number of hydrogen-bond acceptors (Lipinski definition) is 4. The van der Waals surface area contributed by atoms with Crippen LogP contribution in [0.25, 0.3) is 0 Å². The molecular formula is C16H16N2O2. The Morgan fingerprint density at radius 2 is 1.85 bits per heavy atom. The minimum atomic E-state index is 0.0635. The van der Waals surface area contributed by atoms with Gasteiger partial charge in [0.1, 0.15) is 17.6 Å². The van der Waals surface area contributed by atoms with Crippen molar-refractivity contribution < 1.29 is 9.47 Å². The van der Waals surface area contributed by atoms with Gasteiger partial charge in [-0.15, -0.1) is 0 Å². The molecule has 20 heavy (non-hydrogen) atoms. The minimum absolute atomic E-state index is 0.0635. The lowest BCUT2D eigenvalue weighted by Gasteiger charge is -2.10. The molecule has 0 spiro atoms. The molecule has 0 atom stereocenters. The van der Waals surface area contributed by atoms with Crippen LogP contribution in [-0.4, -0.2) is 13.7 Å². The van der Waals surface area contributed by atoms with Crippen molar-refractivity contribution >= 4 is 5.69 Å². The zero-order chi connectivity index (χ0) is 14.2. The quantitative estimate of drug-likeness (QED) is 0.874. The molecule has 0 amide bonds. The number of hydrogen-bond donors (Lipinski definition) is 1. The zero-order valence-corrected chi connectivity index (χ0v) is 11.3. The summed E-state index contributed by atoms with van der Waals surface area (Å²) in [6, 6.07) is 17.3. The number of nitrogens with zero attached hydrogens (tertiary/aromatic N) is 1. The molecule has 0 bridgehead atoms. The van der Waals surface area contributed by atoms with Crippen molar-refractivity contribution in [1.29, 1.82) is 5.26 Å². The number of anilines is 1. The second-order valence-corrected chi connectivity index (χ2v) is 4.14. The van der Waals surface area contributed by atoms with E-state index >= 15 is 0 Å². The maximum atomic E-state index is 8.44. The lowest BCUT2D eigenvalue weighted by atomic mass is 10.2. The average molecular weight is 268 g/mol. The first kappa shape index (κ1) is 13.8. The van der Waals surface area contributed by atoms with E-state index in [2.05, 4.69) is 5.32 Å². The van der Waals surface area contributed by atoms with E-state index in [0.29, 0.717) is 12.3 Å². The molecule has 4 heteroatoms. The van der Waals surface area contributed by atoms with E-state index in [9.17, 15) is 0 Å². The van der Waals surface area contributed by atoms with Gasteiger partial charge in [0.25, 0.3) is 0 Å². The maximum Gasteiger partial charge on any atom is 0.174 e. The summed E-state index contributed by atoms with van der Waals surface area (Å²) in [6.07, 6.45) is 0. The number of rotatable bonds is 6. The van der Waals surface area contributed by atoms with Gasteiger partial charge in [-0.05, 0) is 30.3 Å². The largest absolute Gasteiger partial charge is 0.496 e. The van der Waals surface area contributed by atoms with E-state index in [0.717, 1.165) is 17.0 Å². The Balaban J connectivity index is 1.95. The van der Waals surface area contributed by atoms with Crippen molar-refractivity contribution in [1.82, 2.24) is 0 Å². The molecule has 0 radical (unpaired) electrons. The lowest BCUT2D eigenvalue weighted by Crippen LogP contribution is -2.01. The van der Waals surface area contributed by atoms with Crippen LogP contribution in [0.4, 0.5) is 5.69 Å². The second-order valence-electron chi connectivity index (χ2n) is 4.14. The van der Waals surface area contributed by atoms with Crippen LogP contribution in [0.2, 0.25) is 0 Å². The van der Waals surface area contributed by atoms with Gasteiger partial charge in [-0.1, -0.05) is 18.2 Å². The molecule has 0 aliphatic carbocycles. The molecule has 4 nitrogen and oxygen atoms in total. The van der Waals surface area contributed by atoms with Crippen LogP contribution < -0.4 is 14.8 Å². The molecular weight excluding hydrogens is 252 g/mol. The van der Waals surface area contributed by atoms with E-state index in [1.54, 1.807) is 7.11 Å². The van der Waals surface area contributed by atoms with Crippen molar-refractivity contribution in [2.75, 3.05) is 19.0 Å². The monoisotopic (exact) mass is 268 g/mol. The van der Waals surface area contributed by atoms with E-state index in [1.807, 2.05) is 54.6 Å². The molecule has 2 rings (SSSR count). The first-order valence-electron chi connectivity index (χ1n) is 6.29. The number of benzene rings is 2. The smallest absolute Gasteiger partial charge is 0.174 e. The highest BCUT2D eigenvalue weighted by molar-refractivity contribution is 5.47. The Hall–Kier alpha value is -2.67. The van der Waals surface area contributed by atoms with Crippen LogP contribution >= 0.6 is 0 Å². The molecule has 0 unspecified atom stereocenters. The highest BCUT2D eigenvalue weighted by atomic mass is 16.5. The Morgan fingerprint density at radius 3 is 2.55 bits per heavy atom. The van der Waals surface area contributed by atoms with Gasteiger partial charge >= 0.3 is 0 Å². The standard InChI is InChI=1S/C16H16N2O2/c1-19-16-5-3-2-4-13(16)12-18-14-6-8-15(9-7-14)20-11-10-17/h2-9,18H,11-12H2,1H3. The fraction of sp³-hybridized carbons (Fsp3) is 0.188. The Bertz CT molecular complexity index is 588. The Morgan fingerprint density at radius 1 is 1.10 bits per heavy atom. The van der Waals surface area contributed by atoms with Crippen molar-refractivity contribution in [3.8, 4) is 17.6 Å². The third-order valence-corrected chi connectivity index (χ3v) is 2.83. The van der Waals surface area contributed by atoms with Gasteiger partial charge in [-0.3, -0.25) is 0 Å². The number of nitrogens with one attached hydrogen (secondary N) is 1. The Labute approximate surface area is 118 Å². The van der Waals surface area contributed by atoms with Gasteiger partial charge in [0.2, 0.25) is 0 Å². The average Bonchev–Trinajstić information content (AvgIpc) is 2.52. The third-order valence-electron chi connectivity index (χ3n) is 2.83. The molecule has 0 aliphatic heterocycles. The summed E-state index contributed by atoms with van der Waals surface area (Å²) >= 11 is 0.